The summed E-state index contributed by atoms with van der Waals surface area (Å²) in [5, 5.41) is 4.68. The Kier molecular flexibility index (Phi) is 3.21. The molecule has 1 unspecified atom stereocenters. The van der Waals surface area contributed by atoms with Gasteiger partial charge in [0.1, 0.15) is 5.75 Å². The molecule has 0 spiro atoms. The van der Waals surface area contributed by atoms with E-state index in [1.54, 1.807) is 7.11 Å². The Morgan fingerprint density at radius 3 is 3.22 bits per heavy atom. The highest BCUT2D eigenvalue weighted by Crippen LogP contribution is 2.30. The third-order valence-electron chi connectivity index (χ3n) is 3.42. The fourth-order valence-electron chi connectivity index (χ4n) is 2.46. The summed E-state index contributed by atoms with van der Waals surface area (Å²) in [7, 11) is 1.72. The van der Waals surface area contributed by atoms with E-state index in [2.05, 4.69) is 28.5 Å². The lowest BCUT2D eigenvalue weighted by atomic mass is 10.0. The number of methoxy groups -OCH3 is 1. The van der Waals surface area contributed by atoms with Crippen molar-refractivity contribution in [2.75, 3.05) is 26.9 Å². The first-order valence-electron chi connectivity index (χ1n) is 6.34. The van der Waals surface area contributed by atoms with E-state index in [9.17, 15) is 0 Å². The number of hydrogen-bond donors (Lipinski definition) is 2. The fourth-order valence-corrected chi connectivity index (χ4v) is 2.46. The Morgan fingerprint density at radius 1 is 1.39 bits per heavy atom. The van der Waals surface area contributed by atoms with Crippen LogP contribution in [0.15, 0.2) is 24.4 Å². The van der Waals surface area contributed by atoms with Gasteiger partial charge in [-0.1, -0.05) is 0 Å². The molecule has 18 heavy (non-hydrogen) atoms. The van der Waals surface area contributed by atoms with E-state index in [0.717, 1.165) is 36.4 Å². The molecule has 2 aromatic rings. The molecule has 2 heterocycles. The average molecular weight is 246 g/mol. The summed E-state index contributed by atoms with van der Waals surface area (Å²) in [5.74, 6) is 0.921. The first kappa shape index (κ1) is 11.6. The van der Waals surface area contributed by atoms with Gasteiger partial charge in [-0.05, 0) is 31.2 Å². The second kappa shape index (κ2) is 5.00. The monoisotopic (exact) mass is 246 g/mol. The molecule has 1 aliphatic rings. The first-order chi connectivity index (χ1) is 8.88. The summed E-state index contributed by atoms with van der Waals surface area (Å²) in [6.45, 7) is 2.51. The summed E-state index contributed by atoms with van der Waals surface area (Å²) < 4.78 is 11.1. The summed E-state index contributed by atoms with van der Waals surface area (Å²) >= 11 is 0. The van der Waals surface area contributed by atoms with E-state index in [1.165, 1.54) is 5.39 Å². The van der Waals surface area contributed by atoms with Crippen LogP contribution < -0.4 is 10.1 Å². The van der Waals surface area contributed by atoms with Crippen molar-refractivity contribution in [2.24, 2.45) is 0 Å². The van der Waals surface area contributed by atoms with Crippen molar-refractivity contribution < 1.29 is 9.47 Å². The molecule has 2 N–H and O–H groups in total. The topological polar surface area (TPSA) is 46.3 Å². The molecule has 3 rings (SSSR count). The Balaban J connectivity index is 2.01. The number of benzene rings is 1. The van der Waals surface area contributed by atoms with Crippen molar-refractivity contribution in [2.45, 2.75) is 12.5 Å². The zero-order valence-electron chi connectivity index (χ0n) is 10.5. The molecule has 0 amide bonds. The molecule has 0 saturated carbocycles. The van der Waals surface area contributed by atoms with Crippen LogP contribution in [0.5, 0.6) is 5.75 Å². The largest absolute Gasteiger partial charge is 0.496 e. The number of aromatic nitrogens is 1. The van der Waals surface area contributed by atoms with Crippen molar-refractivity contribution in [1.82, 2.24) is 10.3 Å². The predicted molar refractivity (Wildman–Crippen MR) is 71.0 cm³/mol. The van der Waals surface area contributed by atoms with Gasteiger partial charge in [-0.3, -0.25) is 0 Å². The number of nitrogens with one attached hydrogen (secondary N) is 2. The van der Waals surface area contributed by atoms with Crippen molar-refractivity contribution in [3.63, 3.8) is 0 Å². The number of ether oxygens (including phenoxy) is 2. The quantitative estimate of drug-likeness (QED) is 0.854. The minimum absolute atomic E-state index is 0.204. The van der Waals surface area contributed by atoms with Crippen molar-refractivity contribution >= 4 is 10.9 Å². The predicted octanol–water partition coefficient (Wildman–Crippen LogP) is 2.23. The Hall–Kier alpha value is -1.52. The number of hydrogen-bond acceptors (Lipinski definition) is 3. The second-order valence-corrected chi connectivity index (χ2v) is 4.59. The Labute approximate surface area is 106 Å². The van der Waals surface area contributed by atoms with Crippen LogP contribution in [0.1, 0.15) is 18.0 Å². The maximum Gasteiger partial charge on any atom is 0.124 e. The van der Waals surface area contributed by atoms with E-state index in [0.29, 0.717) is 6.61 Å². The molecular formula is C14H18N2O2. The van der Waals surface area contributed by atoms with Gasteiger partial charge in [-0.15, -0.1) is 0 Å². The van der Waals surface area contributed by atoms with Crippen LogP contribution >= 0.6 is 0 Å². The fraction of sp³-hybridized carbons (Fsp3) is 0.429. The van der Waals surface area contributed by atoms with Crippen LogP contribution in [0.3, 0.4) is 0 Å². The van der Waals surface area contributed by atoms with Gasteiger partial charge in [0, 0.05) is 29.3 Å². The van der Waals surface area contributed by atoms with E-state index in [-0.39, 0.29) is 6.04 Å². The van der Waals surface area contributed by atoms with Crippen LogP contribution in [-0.2, 0) is 4.74 Å². The Bertz CT molecular complexity index is 528. The van der Waals surface area contributed by atoms with Crippen LogP contribution in [0, 0.1) is 0 Å². The standard InChI is InChI=1S/C14H18N2O2/c1-17-14-7-10-3-5-16-12(10)8-11(14)13-9-18-6-2-4-15-13/h3,5,7-8,13,15-16H,2,4,6,9H2,1H3. The van der Waals surface area contributed by atoms with Gasteiger partial charge in [0.05, 0.1) is 19.8 Å². The molecular weight excluding hydrogens is 228 g/mol. The lowest BCUT2D eigenvalue weighted by molar-refractivity contribution is 0.131. The number of rotatable bonds is 2. The molecule has 4 nitrogen and oxygen atoms in total. The highest BCUT2D eigenvalue weighted by molar-refractivity contribution is 5.82. The van der Waals surface area contributed by atoms with Crippen LogP contribution in [0.4, 0.5) is 0 Å². The third kappa shape index (κ3) is 2.09. The minimum atomic E-state index is 0.204. The molecule has 1 aliphatic heterocycles. The third-order valence-corrected chi connectivity index (χ3v) is 3.42. The van der Waals surface area contributed by atoms with E-state index >= 15 is 0 Å². The molecule has 1 saturated heterocycles. The highest BCUT2D eigenvalue weighted by atomic mass is 16.5. The Morgan fingerprint density at radius 2 is 2.33 bits per heavy atom. The summed E-state index contributed by atoms with van der Waals surface area (Å²) in [4.78, 5) is 3.24. The van der Waals surface area contributed by atoms with Crippen molar-refractivity contribution in [1.29, 1.82) is 0 Å². The zero-order valence-corrected chi connectivity index (χ0v) is 10.5. The highest BCUT2D eigenvalue weighted by Gasteiger charge is 2.19. The number of aromatic amines is 1. The van der Waals surface area contributed by atoms with Crippen LogP contribution in [-0.4, -0.2) is 31.9 Å². The molecule has 0 aliphatic carbocycles. The van der Waals surface area contributed by atoms with Crippen LogP contribution in [0.25, 0.3) is 10.9 Å². The SMILES string of the molecule is COc1cc2cc[nH]c2cc1C1COCCCN1. The summed E-state index contributed by atoms with van der Waals surface area (Å²) in [6, 6.07) is 6.49. The van der Waals surface area contributed by atoms with Gasteiger partial charge in [0.2, 0.25) is 0 Å². The maximum absolute atomic E-state index is 5.63. The van der Waals surface area contributed by atoms with Gasteiger partial charge >= 0.3 is 0 Å². The minimum Gasteiger partial charge on any atom is -0.496 e. The number of H-pyrrole nitrogens is 1. The first-order valence-corrected chi connectivity index (χ1v) is 6.34. The van der Waals surface area contributed by atoms with Crippen molar-refractivity contribution in [3.05, 3.63) is 30.0 Å². The summed E-state index contributed by atoms with van der Waals surface area (Å²) in [5.41, 5.74) is 2.30. The molecule has 0 radical (unpaired) electrons. The number of fused-ring (bicyclic) bond motifs is 1. The van der Waals surface area contributed by atoms with E-state index in [1.807, 2.05) is 6.20 Å². The molecule has 96 valence electrons. The van der Waals surface area contributed by atoms with Crippen LogP contribution in [0.2, 0.25) is 0 Å². The van der Waals surface area contributed by atoms with Crippen molar-refractivity contribution in [3.8, 4) is 5.75 Å². The van der Waals surface area contributed by atoms with E-state index < -0.39 is 0 Å². The molecule has 1 fully saturated rings. The van der Waals surface area contributed by atoms with E-state index in [4.69, 9.17) is 9.47 Å². The van der Waals surface area contributed by atoms with Gasteiger partial charge in [0.15, 0.2) is 0 Å². The van der Waals surface area contributed by atoms with Gasteiger partial charge in [-0.2, -0.15) is 0 Å². The van der Waals surface area contributed by atoms with Gasteiger partial charge < -0.3 is 19.8 Å². The molecule has 0 bridgehead atoms. The molecule has 1 aromatic carbocycles. The lowest BCUT2D eigenvalue weighted by Gasteiger charge is -2.19. The second-order valence-electron chi connectivity index (χ2n) is 4.59. The maximum atomic E-state index is 5.63. The average Bonchev–Trinajstić information content (AvgIpc) is 2.68. The molecule has 4 heteroatoms. The molecule has 1 atom stereocenters. The van der Waals surface area contributed by atoms with Gasteiger partial charge in [0.25, 0.3) is 0 Å². The zero-order chi connectivity index (χ0) is 12.4. The summed E-state index contributed by atoms with van der Waals surface area (Å²) in [6.07, 6.45) is 3.01. The normalized spacial score (nSPS) is 20.8. The smallest absolute Gasteiger partial charge is 0.124 e. The van der Waals surface area contributed by atoms with Gasteiger partial charge in [-0.25, -0.2) is 0 Å². The lowest BCUT2D eigenvalue weighted by Crippen LogP contribution is -2.23. The molecule has 1 aromatic heterocycles.